The predicted molar refractivity (Wildman–Crippen MR) is 84.6 cm³/mol. The Morgan fingerprint density at radius 3 is 2.75 bits per heavy atom. The van der Waals surface area contributed by atoms with Gasteiger partial charge in [-0.1, -0.05) is 30.7 Å². The number of hydrogen-bond donors (Lipinski definition) is 0. The molecular formula is C15H13ClN2OS. The first-order chi connectivity index (χ1) is 9.70. The molecule has 2 aromatic heterocycles. The number of nitrogens with zero attached hydrogens (tertiary/aromatic N) is 2. The van der Waals surface area contributed by atoms with Crippen LogP contribution in [0.3, 0.4) is 0 Å². The number of halogens is 1. The van der Waals surface area contributed by atoms with E-state index in [1.54, 1.807) is 10.9 Å². The Kier molecular flexibility index (Phi) is 3.59. The molecule has 0 aliphatic heterocycles. The molecule has 5 heteroatoms. The van der Waals surface area contributed by atoms with Crippen molar-refractivity contribution in [1.29, 1.82) is 0 Å². The molecule has 3 aromatic rings. The summed E-state index contributed by atoms with van der Waals surface area (Å²) in [5.41, 5.74) is 2.83. The molecule has 0 aliphatic rings. The Bertz CT molecular complexity index is 805. The van der Waals surface area contributed by atoms with Crippen LogP contribution in [-0.4, -0.2) is 9.55 Å². The van der Waals surface area contributed by atoms with Gasteiger partial charge in [0.2, 0.25) is 0 Å². The predicted octanol–water partition coefficient (Wildman–Crippen LogP) is 4.19. The van der Waals surface area contributed by atoms with Crippen LogP contribution < -0.4 is 5.56 Å². The van der Waals surface area contributed by atoms with Crippen LogP contribution in [0, 0.1) is 0 Å². The van der Waals surface area contributed by atoms with Gasteiger partial charge in [-0.3, -0.25) is 9.36 Å². The van der Waals surface area contributed by atoms with Crippen molar-refractivity contribution >= 4 is 33.2 Å². The van der Waals surface area contributed by atoms with Gasteiger partial charge in [0.25, 0.3) is 5.56 Å². The van der Waals surface area contributed by atoms with Gasteiger partial charge in [0, 0.05) is 22.5 Å². The molecule has 0 bridgehead atoms. The summed E-state index contributed by atoms with van der Waals surface area (Å²) < 4.78 is 2.38. The standard InChI is InChI=1S/C15H13ClN2OS/c1-2-7-18-9-17-13-12(8-20-14(13)15(18)19)10-3-5-11(16)6-4-10/h3-6,8-9H,2,7H2,1H3. The summed E-state index contributed by atoms with van der Waals surface area (Å²) in [6.07, 6.45) is 2.56. The average molecular weight is 305 g/mol. The quantitative estimate of drug-likeness (QED) is 0.727. The first-order valence-electron chi connectivity index (χ1n) is 6.43. The molecule has 0 amide bonds. The minimum atomic E-state index is 0.0436. The topological polar surface area (TPSA) is 34.9 Å². The van der Waals surface area contributed by atoms with E-state index in [0.717, 1.165) is 23.1 Å². The van der Waals surface area contributed by atoms with E-state index in [0.29, 0.717) is 16.3 Å². The number of aromatic nitrogens is 2. The molecule has 0 N–H and O–H groups in total. The molecule has 0 atom stereocenters. The van der Waals surface area contributed by atoms with Crippen LogP contribution in [0.15, 0.2) is 40.8 Å². The highest BCUT2D eigenvalue weighted by Gasteiger charge is 2.12. The summed E-state index contributed by atoms with van der Waals surface area (Å²) in [7, 11) is 0. The van der Waals surface area contributed by atoms with Crippen LogP contribution in [0.4, 0.5) is 0 Å². The molecule has 102 valence electrons. The number of thiophene rings is 1. The maximum absolute atomic E-state index is 12.3. The normalized spacial score (nSPS) is 11.1. The van der Waals surface area contributed by atoms with Crippen LogP contribution >= 0.6 is 22.9 Å². The Morgan fingerprint density at radius 1 is 1.30 bits per heavy atom. The van der Waals surface area contributed by atoms with Crippen molar-refractivity contribution in [3.8, 4) is 11.1 Å². The van der Waals surface area contributed by atoms with Crippen LogP contribution in [0.25, 0.3) is 21.3 Å². The van der Waals surface area contributed by atoms with Crippen molar-refractivity contribution in [3.63, 3.8) is 0 Å². The Balaban J connectivity index is 2.17. The third kappa shape index (κ3) is 2.25. The molecule has 0 unspecified atom stereocenters. The van der Waals surface area contributed by atoms with Crippen molar-refractivity contribution in [2.24, 2.45) is 0 Å². The van der Waals surface area contributed by atoms with Crippen molar-refractivity contribution in [3.05, 3.63) is 51.3 Å². The fourth-order valence-electron chi connectivity index (χ4n) is 2.18. The number of benzene rings is 1. The fraction of sp³-hybridized carbons (Fsp3) is 0.200. The van der Waals surface area contributed by atoms with E-state index < -0.39 is 0 Å². The molecule has 0 saturated carbocycles. The molecule has 0 aliphatic carbocycles. The van der Waals surface area contributed by atoms with Crippen molar-refractivity contribution in [2.75, 3.05) is 0 Å². The first kappa shape index (κ1) is 13.3. The van der Waals surface area contributed by atoms with E-state index in [2.05, 4.69) is 4.98 Å². The molecule has 0 radical (unpaired) electrons. The second-order valence-electron chi connectivity index (χ2n) is 4.58. The molecule has 0 saturated heterocycles. The zero-order valence-electron chi connectivity index (χ0n) is 11.0. The Morgan fingerprint density at radius 2 is 2.05 bits per heavy atom. The molecular weight excluding hydrogens is 292 g/mol. The highest BCUT2D eigenvalue weighted by molar-refractivity contribution is 7.17. The van der Waals surface area contributed by atoms with Crippen LogP contribution in [-0.2, 0) is 6.54 Å². The summed E-state index contributed by atoms with van der Waals surface area (Å²) in [6.45, 7) is 2.75. The maximum atomic E-state index is 12.3. The van der Waals surface area contributed by atoms with Crippen molar-refractivity contribution in [1.82, 2.24) is 9.55 Å². The zero-order chi connectivity index (χ0) is 14.1. The highest BCUT2D eigenvalue weighted by Crippen LogP contribution is 2.31. The van der Waals surface area contributed by atoms with E-state index in [1.165, 1.54) is 11.3 Å². The fourth-order valence-corrected chi connectivity index (χ4v) is 3.28. The number of aryl methyl sites for hydroxylation is 1. The summed E-state index contributed by atoms with van der Waals surface area (Å²) in [6, 6.07) is 7.59. The Hall–Kier alpha value is -1.65. The van der Waals surface area contributed by atoms with E-state index >= 15 is 0 Å². The minimum absolute atomic E-state index is 0.0436. The van der Waals surface area contributed by atoms with Gasteiger partial charge in [-0.15, -0.1) is 11.3 Å². The van der Waals surface area contributed by atoms with Crippen LogP contribution in [0.5, 0.6) is 0 Å². The zero-order valence-corrected chi connectivity index (χ0v) is 12.5. The van der Waals surface area contributed by atoms with E-state index in [4.69, 9.17) is 11.6 Å². The van der Waals surface area contributed by atoms with Crippen LogP contribution in [0.1, 0.15) is 13.3 Å². The molecule has 3 rings (SSSR count). The molecule has 20 heavy (non-hydrogen) atoms. The lowest BCUT2D eigenvalue weighted by atomic mass is 10.1. The number of fused-ring (bicyclic) bond motifs is 1. The van der Waals surface area contributed by atoms with Gasteiger partial charge >= 0.3 is 0 Å². The maximum Gasteiger partial charge on any atom is 0.271 e. The Labute approximate surface area is 125 Å². The van der Waals surface area contributed by atoms with Gasteiger partial charge in [-0.2, -0.15) is 0 Å². The second kappa shape index (κ2) is 5.38. The van der Waals surface area contributed by atoms with Gasteiger partial charge in [0.15, 0.2) is 0 Å². The van der Waals surface area contributed by atoms with Gasteiger partial charge in [0.05, 0.1) is 11.8 Å². The third-order valence-electron chi connectivity index (χ3n) is 3.17. The van der Waals surface area contributed by atoms with E-state index in [-0.39, 0.29) is 5.56 Å². The third-order valence-corrected chi connectivity index (χ3v) is 4.38. The van der Waals surface area contributed by atoms with E-state index in [9.17, 15) is 4.79 Å². The lowest BCUT2D eigenvalue weighted by Crippen LogP contribution is -2.19. The molecule has 2 heterocycles. The van der Waals surface area contributed by atoms with Gasteiger partial charge in [-0.05, 0) is 24.1 Å². The molecule has 1 aromatic carbocycles. The van der Waals surface area contributed by atoms with Gasteiger partial charge < -0.3 is 0 Å². The average Bonchev–Trinajstić information content (AvgIpc) is 2.88. The SMILES string of the molecule is CCCn1cnc2c(-c3ccc(Cl)cc3)csc2c1=O. The number of hydrogen-bond acceptors (Lipinski definition) is 3. The summed E-state index contributed by atoms with van der Waals surface area (Å²) in [5.74, 6) is 0. The summed E-state index contributed by atoms with van der Waals surface area (Å²) in [5, 5.41) is 2.69. The first-order valence-corrected chi connectivity index (χ1v) is 7.69. The largest absolute Gasteiger partial charge is 0.298 e. The second-order valence-corrected chi connectivity index (χ2v) is 5.89. The van der Waals surface area contributed by atoms with Crippen molar-refractivity contribution in [2.45, 2.75) is 19.9 Å². The molecule has 0 fully saturated rings. The highest BCUT2D eigenvalue weighted by atomic mass is 35.5. The lowest BCUT2D eigenvalue weighted by Gasteiger charge is -2.03. The van der Waals surface area contributed by atoms with Crippen molar-refractivity contribution < 1.29 is 0 Å². The van der Waals surface area contributed by atoms with Gasteiger partial charge in [0.1, 0.15) is 4.70 Å². The van der Waals surface area contributed by atoms with Crippen LogP contribution in [0.2, 0.25) is 5.02 Å². The summed E-state index contributed by atoms with van der Waals surface area (Å²) >= 11 is 7.36. The van der Waals surface area contributed by atoms with Gasteiger partial charge in [-0.25, -0.2) is 4.98 Å². The van der Waals surface area contributed by atoms with E-state index in [1.807, 2.05) is 36.6 Å². The monoisotopic (exact) mass is 304 g/mol. The smallest absolute Gasteiger partial charge is 0.271 e. The molecule has 0 spiro atoms. The number of rotatable bonds is 3. The lowest BCUT2D eigenvalue weighted by molar-refractivity contribution is 0.649. The summed E-state index contributed by atoms with van der Waals surface area (Å²) in [4.78, 5) is 16.8. The molecule has 3 nitrogen and oxygen atoms in total. The minimum Gasteiger partial charge on any atom is -0.298 e.